The van der Waals surface area contributed by atoms with Crippen LogP contribution in [0.3, 0.4) is 0 Å². The van der Waals surface area contributed by atoms with E-state index in [4.69, 9.17) is 0 Å². The van der Waals surface area contributed by atoms with E-state index < -0.39 is 0 Å². The highest BCUT2D eigenvalue weighted by molar-refractivity contribution is 5.79. The Balaban J connectivity index is 1.75. The van der Waals surface area contributed by atoms with E-state index in [0.717, 1.165) is 24.2 Å². The molecule has 1 atom stereocenters. The van der Waals surface area contributed by atoms with Crippen LogP contribution in [0.2, 0.25) is 0 Å². The molecular formula is C18H19FN2O. The highest BCUT2D eigenvalue weighted by Gasteiger charge is 2.27. The van der Waals surface area contributed by atoms with Crippen LogP contribution in [0.25, 0.3) is 0 Å². The highest BCUT2D eigenvalue weighted by Crippen LogP contribution is 2.23. The molecule has 114 valence electrons. The smallest absolute Gasteiger partial charge is 0.227 e. The Morgan fingerprint density at radius 1 is 1.14 bits per heavy atom. The van der Waals surface area contributed by atoms with Crippen molar-refractivity contribution in [1.82, 2.24) is 10.2 Å². The van der Waals surface area contributed by atoms with E-state index in [0.29, 0.717) is 13.0 Å². The van der Waals surface area contributed by atoms with E-state index in [1.165, 1.54) is 12.1 Å². The third kappa shape index (κ3) is 3.34. The van der Waals surface area contributed by atoms with Crippen molar-refractivity contribution in [2.75, 3.05) is 19.6 Å². The van der Waals surface area contributed by atoms with Crippen molar-refractivity contribution in [2.45, 2.75) is 12.5 Å². The monoisotopic (exact) mass is 298 g/mol. The molecule has 4 heteroatoms. The summed E-state index contributed by atoms with van der Waals surface area (Å²) in [5, 5.41) is 3.35. The van der Waals surface area contributed by atoms with Crippen LogP contribution in [-0.4, -0.2) is 30.4 Å². The summed E-state index contributed by atoms with van der Waals surface area (Å²) in [5.41, 5.74) is 1.99. The summed E-state index contributed by atoms with van der Waals surface area (Å²) in [6, 6.07) is 16.3. The number of piperazine rings is 1. The molecule has 0 aliphatic carbocycles. The lowest BCUT2D eigenvalue weighted by Gasteiger charge is -2.36. The van der Waals surface area contributed by atoms with Gasteiger partial charge in [-0.15, -0.1) is 0 Å². The molecule has 2 aromatic rings. The average molecular weight is 298 g/mol. The molecule has 1 aliphatic rings. The van der Waals surface area contributed by atoms with E-state index in [9.17, 15) is 9.18 Å². The van der Waals surface area contributed by atoms with Crippen LogP contribution >= 0.6 is 0 Å². The first-order valence-corrected chi connectivity index (χ1v) is 7.53. The van der Waals surface area contributed by atoms with Crippen LogP contribution in [-0.2, 0) is 11.2 Å². The van der Waals surface area contributed by atoms with Gasteiger partial charge >= 0.3 is 0 Å². The van der Waals surface area contributed by atoms with E-state index in [1.54, 1.807) is 12.1 Å². The molecule has 0 radical (unpaired) electrons. The van der Waals surface area contributed by atoms with Crippen LogP contribution in [0.1, 0.15) is 17.2 Å². The minimum absolute atomic E-state index is 0.0582. The first-order valence-electron chi connectivity index (χ1n) is 7.53. The number of hydrogen-bond donors (Lipinski definition) is 1. The third-order valence-electron chi connectivity index (χ3n) is 4.02. The van der Waals surface area contributed by atoms with Gasteiger partial charge < -0.3 is 10.2 Å². The fourth-order valence-electron chi connectivity index (χ4n) is 2.85. The highest BCUT2D eigenvalue weighted by atomic mass is 19.1. The summed E-state index contributed by atoms with van der Waals surface area (Å²) in [5.74, 6) is -0.192. The summed E-state index contributed by atoms with van der Waals surface area (Å²) >= 11 is 0. The molecule has 0 spiro atoms. The molecule has 1 saturated heterocycles. The van der Waals surface area contributed by atoms with Crippen LogP contribution in [0.15, 0.2) is 54.6 Å². The van der Waals surface area contributed by atoms with Gasteiger partial charge in [0.25, 0.3) is 0 Å². The number of nitrogens with zero attached hydrogens (tertiary/aromatic N) is 1. The van der Waals surface area contributed by atoms with Crippen molar-refractivity contribution in [3.63, 3.8) is 0 Å². The minimum atomic E-state index is -0.277. The standard InChI is InChI=1S/C18H19FN2O/c19-16-8-6-14(7-9-16)12-18(22)21-11-10-20-13-17(21)15-4-2-1-3-5-15/h1-9,17,20H,10-13H2. The lowest BCUT2D eigenvalue weighted by molar-refractivity contribution is -0.133. The molecular weight excluding hydrogens is 279 g/mol. The molecule has 1 fully saturated rings. The van der Waals surface area contributed by atoms with E-state index >= 15 is 0 Å². The largest absolute Gasteiger partial charge is 0.333 e. The molecule has 1 amide bonds. The van der Waals surface area contributed by atoms with Gasteiger partial charge in [0.05, 0.1) is 12.5 Å². The van der Waals surface area contributed by atoms with E-state index in [-0.39, 0.29) is 17.8 Å². The van der Waals surface area contributed by atoms with Gasteiger partial charge in [-0.05, 0) is 23.3 Å². The normalized spacial score (nSPS) is 18.2. The molecule has 1 N–H and O–H groups in total. The Labute approximate surface area is 129 Å². The molecule has 0 aromatic heterocycles. The van der Waals surface area contributed by atoms with Crippen molar-refractivity contribution in [1.29, 1.82) is 0 Å². The summed E-state index contributed by atoms with van der Waals surface area (Å²) in [7, 11) is 0. The topological polar surface area (TPSA) is 32.3 Å². The van der Waals surface area contributed by atoms with Crippen molar-refractivity contribution in [3.8, 4) is 0 Å². The second-order valence-corrected chi connectivity index (χ2v) is 5.52. The lowest BCUT2D eigenvalue weighted by atomic mass is 10.0. The zero-order valence-electron chi connectivity index (χ0n) is 12.3. The van der Waals surface area contributed by atoms with Crippen molar-refractivity contribution in [2.24, 2.45) is 0 Å². The maximum atomic E-state index is 13.0. The fraction of sp³-hybridized carbons (Fsp3) is 0.278. The van der Waals surface area contributed by atoms with Crippen LogP contribution in [0.4, 0.5) is 4.39 Å². The number of carbonyl (C=O) groups is 1. The van der Waals surface area contributed by atoms with E-state index in [1.807, 2.05) is 23.1 Å². The maximum Gasteiger partial charge on any atom is 0.227 e. The van der Waals surface area contributed by atoms with Crippen LogP contribution < -0.4 is 5.32 Å². The zero-order valence-corrected chi connectivity index (χ0v) is 12.3. The van der Waals surface area contributed by atoms with Gasteiger partial charge in [0, 0.05) is 19.6 Å². The molecule has 0 saturated carbocycles. The maximum absolute atomic E-state index is 13.0. The minimum Gasteiger partial charge on any atom is -0.333 e. The molecule has 3 nitrogen and oxygen atoms in total. The summed E-state index contributed by atoms with van der Waals surface area (Å²) in [6.45, 7) is 2.26. The van der Waals surface area contributed by atoms with Crippen molar-refractivity contribution >= 4 is 5.91 Å². The Hall–Kier alpha value is -2.20. The number of nitrogens with one attached hydrogen (secondary N) is 1. The Bertz CT molecular complexity index is 627. The van der Waals surface area contributed by atoms with Gasteiger partial charge in [-0.1, -0.05) is 42.5 Å². The van der Waals surface area contributed by atoms with E-state index in [2.05, 4.69) is 17.4 Å². The second kappa shape index (κ2) is 6.71. The zero-order chi connectivity index (χ0) is 15.4. The first kappa shape index (κ1) is 14.7. The van der Waals surface area contributed by atoms with Crippen molar-refractivity contribution < 1.29 is 9.18 Å². The quantitative estimate of drug-likeness (QED) is 0.944. The Morgan fingerprint density at radius 2 is 1.86 bits per heavy atom. The van der Waals surface area contributed by atoms with Gasteiger partial charge in [-0.3, -0.25) is 4.79 Å². The molecule has 1 unspecified atom stereocenters. The molecule has 22 heavy (non-hydrogen) atoms. The van der Waals surface area contributed by atoms with Crippen LogP contribution in [0, 0.1) is 5.82 Å². The SMILES string of the molecule is O=C(Cc1ccc(F)cc1)N1CCNCC1c1ccccc1. The van der Waals surface area contributed by atoms with Gasteiger partial charge in [0.15, 0.2) is 0 Å². The molecule has 1 aliphatic heterocycles. The molecule has 2 aromatic carbocycles. The number of halogens is 1. The Morgan fingerprint density at radius 3 is 2.59 bits per heavy atom. The van der Waals surface area contributed by atoms with Gasteiger partial charge in [0.2, 0.25) is 5.91 Å². The number of amides is 1. The molecule has 3 rings (SSSR count). The van der Waals surface area contributed by atoms with Crippen LogP contribution in [0.5, 0.6) is 0 Å². The predicted octanol–water partition coefficient (Wildman–Crippen LogP) is 2.54. The lowest BCUT2D eigenvalue weighted by Crippen LogP contribution is -2.49. The number of carbonyl (C=O) groups excluding carboxylic acids is 1. The Kier molecular flexibility index (Phi) is 4.49. The number of hydrogen-bond acceptors (Lipinski definition) is 2. The summed E-state index contributed by atoms with van der Waals surface area (Å²) in [6.07, 6.45) is 0.309. The third-order valence-corrected chi connectivity index (χ3v) is 4.02. The number of rotatable bonds is 3. The first-order chi connectivity index (χ1) is 10.7. The average Bonchev–Trinajstić information content (AvgIpc) is 2.58. The summed E-state index contributed by atoms with van der Waals surface area (Å²) < 4.78 is 13.0. The summed E-state index contributed by atoms with van der Waals surface area (Å²) in [4.78, 5) is 14.6. The number of benzene rings is 2. The van der Waals surface area contributed by atoms with Gasteiger partial charge in [-0.2, -0.15) is 0 Å². The van der Waals surface area contributed by atoms with Gasteiger partial charge in [-0.25, -0.2) is 4.39 Å². The predicted molar refractivity (Wildman–Crippen MR) is 83.9 cm³/mol. The molecule has 1 heterocycles. The van der Waals surface area contributed by atoms with Gasteiger partial charge in [0.1, 0.15) is 5.82 Å². The van der Waals surface area contributed by atoms with Crippen molar-refractivity contribution in [3.05, 3.63) is 71.5 Å². The fourth-order valence-corrected chi connectivity index (χ4v) is 2.85. The second-order valence-electron chi connectivity index (χ2n) is 5.52. The molecule has 0 bridgehead atoms.